The van der Waals surface area contributed by atoms with Crippen LogP contribution < -0.4 is 30.1 Å². The van der Waals surface area contributed by atoms with E-state index in [0.29, 0.717) is 23.2 Å². The largest absolute Gasteiger partial charge is 0.494 e. The zero-order valence-corrected chi connectivity index (χ0v) is 22.5. The van der Waals surface area contributed by atoms with E-state index in [1.807, 2.05) is 18.2 Å². The Hall–Kier alpha value is -3.32. The molecule has 3 aromatic rings. The summed E-state index contributed by atoms with van der Waals surface area (Å²) in [6, 6.07) is 13.2. The van der Waals surface area contributed by atoms with Crippen LogP contribution in [0.4, 0.5) is 34.5 Å². The zero-order valence-electron chi connectivity index (χ0n) is 20.9. The van der Waals surface area contributed by atoms with E-state index in [1.54, 1.807) is 31.4 Å². The molecule has 0 unspecified atom stereocenters. The molecule has 37 heavy (non-hydrogen) atoms. The number of hydrogen-bond acceptors (Lipinski definition) is 9. The molecule has 1 aliphatic heterocycles. The highest BCUT2D eigenvalue weighted by molar-refractivity contribution is 7.90. The molecule has 1 aromatic heterocycles. The molecule has 0 atom stereocenters. The topological polar surface area (TPSA) is 138 Å². The number of ether oxygens (including phenoxy) is 1. The van der Waals surface area contributed by atoms with Gasteiger partial charge in [0, 0.05) is 30.9 Å². The van der Waals surface area contributed by atoms with Crippen molar-refractivity contribution in [2.45, 2.75) is 18.9 Å². The fourth-order valence-electron chi connectivity index (χ4n) is 4.22. The molecule has 2 aromatic carbocycles. The Bertz CT molecular complexity index is 1350. The van der Waals surface area contributed by atoms with Crippen molar-refractivity contribution in [3.8, 4) is 5.75 Å². The standard InChI is InChI=1S/C24H31ClN8O3S/c1-32(2)16-10-12-33(13-11-16)17-8-9-21(22(14-17)36-3)29-24-27-15-18(25)23(30-24)28-19-6-4-5-7-20(19)31-37(26,34)35/h4-9,14-16,31H,10-13H2,1-3H3,(H2,26,34,35)(H2,27,28,29,30). The molecule has 0 bridgehead atoms. The lowest BCUT2D eigenvalue weighted by Gasteiger charge is -2.36. The Balaban J connectivity index is 1.52. The highest BCUT2D eigenvalue weighted by Crippen LogP contribution is 2.34. The minimum atomic E-state index is -3.96. The van der Waals surface area contributed by atoms with Crippen LogP contribution in [0.25, 0.3) is 0 Å². The first kappa shape index (κ1) is 26.7. The smallest absolute Gasteiger partial charge is 0.296 e. The van der Waals surface area contributed by atoms with Crippen molar-refractivity contribution in [1.82, 2.24) is 14.9 Å². The maximum atomic E-state index is 11.5. The van der Waals surface area contributed by atoms with Gasteiger partial charge in [-0.05, 0) is 51.2 Å². The average Bonchev–Trinajstić information content (AvgIpc) is 2.86. The molecule has 0 aliphatic carbocycles. The highest BCUT2D eigenvalue weighted by atomic mass is 35.5. The van der Waals surface area contributed by atoms with Gasteiger partial charge in [-0.3, -0.25) is 4.72 Å². The summed E-state index contributed by atoms with van der Waals surface area (Å²) in [6.45, 7) is 1.96. The number of para-hydroxylation sites is 2. The summed E-state index contributed by atoms with van der Waals surface area (Å²) < 4.78 is 30.9. The van der Waals surface area contributed by atoms with Crippen molar-refractivity contribution in [3.05, 3.63) is 53.7 Å². The second-order valence-electron chi connectivity index (χ2n) is 8.90. The van der Waals surface area contributed by atoms with Crippen LogP contribution in [0.5, 0.6) is 5.75 Å². The molecule has 11 nitrogen and oxygen atoms in total. The number of nitrogens with zero attached hydrogens (tertiary/aromatic N) is 4. The number of piperidine rings is 1. The Morgan fingerprint density at radius 2 is 1.78 bits per heavy atom. The van der Waals surface area contributed by atoms with Crippen LogP contribution >= 0.6 is 11.6 Å². The lowest BCUT2D eigenvalue weighted by molar-refractivity contribution is 0.249. The predicted molar refractivity (Wildman–Crippen MR) is 149 cm³/mol. The molecule has 5 N–H and O–H groups in total. The SMILES string of the molecule is COc1cc(N2CCC(N(C)C)CC2)ccc1Nc1ncc(Cl)c(Nc2ccccc2NS(N)(=O)=O)n1. The summed E-state index contributed by atoms with van der Waals surface area (Å²) in [5.74, 6) is 1.21. The summed E-state index contributed by atoms with van der Waals surface area (Å²) >= 11 is 6.32. The molecule has 198 valence electrons. The zero-order chi connectivity index (χ0) is 26.6. The molecule has 0 amide bonds. The monoisotopic (exact) mass is 546 g/mol. The molecule has 2 heterocycles. The third-order valence-corrected chi connectivity index (χ3v) is 6.95. The molecular weight excluding hydrogens is 516 g/mol. The molecule has 1 saturated heterocycles. The molecule has 4 rings (SSSR count). The van der Waals surface area contributed by atoms with Crippen LogP contribution in [0.2, 0.25) is 5.02 Å². The number of rotatable bonds is 9. The van der Waals surface area contributed by atoms with E-state index in [1.165, 1.54) is 6.20 Å². The lowest BCUT2D eigenvalue weighted by Crippen LogP contribution is -2.41. The molecule has 1 aliphatic rings. The molecule has 0 spiro atoms. The van der Waals surface area contributed by atoms with Gasteiger partial charge in [-0.2, -0.15) is 13.4 Å². The first-order chi connectivity index (χ1) is 17.6. The second-order valence-corrected chi connectivity index (χ2v) is 10.6. The van der Waals surface area contributed by atoms with Gasteiger partial charge < -0.3 is 25.2 Å². The van der Waals surface area contributed by atoms with Gasteiger partial charge in [0.2, 0.25) is 5.95 Å². The number of hydrogen-bond donors (Lipinski definition) is 4. The van der Waals surface area contributed by atoms with E-state index in [9.17, 15) is 8.42 Å². The first-order valence-corrected chi connectivity index (χ1v) is 13.6. The summed E-state index contributed by atoms with van der Waals surface area (Å²) in [4.78, 5) is 13.4. The predicted octanol–water partition coefficient (Wildman–Crippen LogP) is 3.77. The van der Waals surface area contributed by atoms with E-state index in [-0.39, 0.29) is 22.5 Å². The van der Waals surface area contributed by atoms with E-state index < -0.39 is 10.2 Å². The van der Waals surface area contributed by atoms with Gasteiger partial charge in [0.05, 0.1) is 30.4 Å². The number of aromatic nitrogens is 2. The number of nitrogens with one attached hydrogen (secondary N) is 3. The van der Waals surface area contributed by atoms with Crippen molar-refractivity contribution in [2.75, 3.05) is 54.6 Å². The molecule has 13 heteroatoms. The minimum absolute atomic E-state index is 0.249. The molecule has 0 saturated carbocycles. The van der Waals surface area contributed by atoms with Gasteiger partial charge in [0.25, 0.3) is 10.2 Å². The van der Waals surface area contributed by atoms with Crippen molar-refractivity contribution >= 4 is 56.3 Å². The number of anilines is 6. The van der Waals surface area contributed by atoms with Crippen LogP contribution in [-0.4, -0.2) is 63.6 Å². The van der Waals surface area contributed by atoms with Gasteiger partial charge in [0.1, 0.15) is 10.8 Å². The van der Waals surface area contributed by atoms with Crippen LogP contribution in [0, 0.1) is 0 Å². The van der Waals surface area contributed by atoms with Crippen LogP contribution in [0.1, 0.15) is 12.8 Å². The number of halogens is 1. The van der Waals surface area contributed by atoms with E-state index in [2.05, 4.69) is 49.2 Å². The lowest BCUT2D eigenvalue weighted by atomic mass is 10.0. The number of methoxy groups -OCH3 is 1. The maximum absolute atomic E-state index is 11.5. The Morgan fingerprint density at radius 3 is 2.43 bits per heavy atom. The molecular formula is C24H31ClN8O3S. The van der Waals surface area contributed by atoms with Crippen molar-refractivity contribution in [1.29, 1.82) is 0 Å². The van der Waals surface area contributed by atoms with Crippen LogP contribution in [0.3, 0.4) is 0 Å². The third kappa shape index (κ3) is 6.92. The van der Waals surface area contributed by atoms with Crippen molar-refractivity contribution in [3.63, 3.8) is 0 Å². The molecule has 1 fully saturated rings. The Labute approximate surface area is 222 Å². The van der Waals surface area contributed by atoms with Crippen LogP contribution in [-0.2, 0) is 10.2 Å². The quantitative estimate of drug-likeness (QED) is 0.316. The maximum Gasteiger partial charge on any atom is 0.296 e. The van der Waals surface area contributed by atoms with E-state index >= 15 is 0 Å². The van der Waals surface area contributed by atoms with Crippen LogP contribution in [0.15, 0.2) is 48.7 Å². The molecule has 0 radical (unpaired) electrons. The van der Waals surface area contributed by atoms with Gasteiger partial charge >= 0.3 is 0 Å². The Morgan fingerprint density at radius 1 is 1.08 bits per heavy atom. The highest BCUT2D eigenvalue weighted by Gasteiger charge is 2.21. The van der Waals surface area contributed by atoms with Gasteiger partial charge in [-0.1, -0.05) is 23.7 Å². The fraction of sp³-hybridized carbons (Fsp3) is 0.333. The van der Waals surface area contributed by atoms with Crippen molar-refractivity contribution in [2.24, 2.45) is 5.14 Å². The Kier molecular flexibility index (Phi) is 8.22. The third-order valence-electron chi connectivity index (χ3n) is 6.17. The number of nitrogens with two attached hydrogens (primary N) is 1. The van der Waals surface area contributed by atoms with Gasteiger partial charge in [0.15, 0.2) is 5.82 Å². The summed E-state index contributed by atoms with van der Waals surface area (Å²) in [5, 5.41) is 11.6. The normalized spacial score (nSPS) is 14.5. The fourth-order valence-corrected chi connectivity index (χ4v) is 4.84. The number of benzene rings is 2. The summed E-state index contributed by atoms with van der Waals surface area (Å²) in [6.07, 6.45) is 3.67. The summed E-state index contributed by atoms with van der Waals surface area (Å²) in [7, 11) is 1.91. The second kappa shape index (κ2) is 11.4. The van der Waals surface area contributed by atoms with Crippen molar-refractivity contribution < 1.29 is 13.2 Å². The van der Waals surface area contributed by atoms with E-state index in [0.717, 1.165) is 31.6 Å². The average molecular weight is 547 g/mol. The summed E-state index contributed by atoms with van der Waals surface area (Å²) in [5.41, 5.74) is 2.46. The van der Waals surface area contributed by atoms with E-state index in [4.69, 9.17) is 21.5 Å². The minimum Gasteiger partial charge on any atom is -0.494 e. The van der Waals surface area contributed by atoms with Gasteiger partial charge in [-0.25, -0.2) is 10.1 Å². The van der Waals surface area contributed by atoms with Gasteiger partial charge in [-0.15, -0.1) is 0 Å². The first-order valence-electron chi connectivity index (χ1n) is 11.7.